The number of carbonyl (C=O) groups excluding carboxylic acids is 1. The van der Waals surface area contributed by atoms with Crippen molar-refractivity contribution in [1.29, 1.82) is 0 Å². The van der Waals surface area contributed by atoms with Gasteiger partial charge in [0.1, 0.15) is 5.69 Å². The van der Waals surface area contributed by atoms with Gasteiger partial charge < -0.3 is 10.2 Å². The molecule has 2 unspecified atom stereocenters. The van der Waals surface area contributed by atoms with E-state index in [0.29, 0.717) is 17.8 Å². The van der Waals surface area contributed by atoms with Gasteiger partial charge in [0.05, 0.1) is 0 Å². The first-order valence-corrected chi connectivity index (χ1v) is 5.63. The van der Waals surface area contributed by atoms with Crippen LogP contribution in [0.25, 0.3) is 0 Å². The molecule has 0 radical (unpaired) electrons. The summed E-state index contributed by atoms with van der Waals surface area (Å²) in [7, 11) is 0. The average Bonchev–Trinajstić information content (AvgIpc) is 2.62. The second kappa shape index (κ2) is 5.51. The van der Waals surface area contributed by atoms with Crippen molar-refractivity contribution < 1.29 is 4.79 Å². The Hall–Kier alpha value is -1.07. The van der Waals surface area contributed by atoms with Gasteiger partial charge in [-0.1, -0.05) is 0 Å². The highest BCUT2D eigenvalue weighted by molar-refractivity contribution is 5.92. The standard InChI is InChI=1S/C11H18N4O.ClH/c1-7-4-10(14-13-7)11(16)15-5-8(2)12-9(3)6-15;/h4,8-9,12H,5-6H2,1-3H3,(H,13,14);1H. The first kappa shape index (κ1) is 14.0. The zero-order valence-electron chi connectivity index (χ0n) is 10.4. The van der Waals surface area contributed by atoms with E-state index in [2.05, 4.69) is 29.4 Å². The lowest BCUT2D eigenvalue weighted by Crippen LogP contribution is -2.55. The molecular weight excluding hydrogens is 240 g/mol. The summed E-state index contributed by atoms with van der Waals surface area (Å²) in [6.45, 7) is 7.56. The molecule has 1 saturated heterocycles. The molecule has 96 valence electrons. The molecule has 5 nitrogen and oxygen atoms in total. The number of aromatic amines is 1. The summed E-state index contributed by atoms with van der Waals surface area (Å²) >= 11 is 0. The van der Waals surface area contributed by atoms with Gasteiger partial charge in [0, 0.05) is 30.9 Å². The molecule has 0 aliphatic carbocycles. The Bertz CT molecular complexity index is 383. The normalized spacial score (nSPS) is 24.3. The highest BCUT2D eigenvalue weighted by Crippen LogP contribution is 2.09. The molecule has 0 saturated carbocycles. The molecule has 1 aliphatic heterocycles. The van der Waals surface area contributed by atoms with Crippen molar-refractivity contribution in [2.75, 3.05) is 13.1 Å². The van der Waals surface area contributed by atoms with E-state index in [9.17, 15) is 4.79 Å². The Morgan fingerprint density at radius 1 is 1.41 bits per heavy atom. The Labute approximate surface area is 107 Å². The monoisotopic (exact) mass is 258 g/mol. The van der Waals surface area contributed by atoms with Crippen molar-refractivity contribution in [1.82, 2.24) is 20.4 Å². The van der Waals surface area contributed by atoms with Crippen LogP contribution in [0.5, 0.6) is 0 Å². The zero-order valence-corrected chi connectivity index (χ0v) is 11.2. The van der Waals surface area contributed by atoms with Crippen molar-refractivity contribution in [2.45, 2.75) is 32.9 Å². The maximum absolute atomic E-state index is 12.1. The topological polar surface area (TPSA) is 61.0 Å². The van der Waals surface area contributed by atoms with E-state index in [4.69, 9.17) is 0 Å². The van der Waals surface area contributed by atoms with Crippen LogP contribution >= 0.6 is 12.4 Å². The lowest BCUT2D eigenvalue weighted by molar-refractivity contribution is 0.0668. The van der Waals surface area contributed by atoms with Gasteiger partial charge >= 0.3 is 0 Å². The molecule has 1 aromatic heterocycles. The number of nitrogens with zero attached hydrogens (tertiary/aromatic N) is 2. The number of aryl methyl sites for hydroxylation is 1. The third kappa shape index (κ3) is 3.20. The quantitative estimate of drug-likeness (QED) is 0.789. The van der Waals surface area contributed by atoms with Gasteiger partial charge in [-0.2, -0.15) is 5.10 Å². The summed E-state index contributed by atoms with van der Waals surface area (Å²) in [5.74, 6) is 0.0181. The van der Waals surface area contributed by atoms with Crippen molar-refractivity contribution in [3.63, 3.8) is 0 Å². The van der Waals surface area contributed by atoms with Crippen LogP contribution in [0.3, 0.4) is 0 Å². The lowest BCUT2D eigenvalue weighted by Gasteiger charge is -2.35. The third-order valence-electron chi connectivity index (χ3n) is 2.77. The predicted molar refractivity (Wildman–Crippen MR) is 68.5 cm³/mol. The number of aromatic nitrogens is 2. The molecule has 1 fully saturated rings. The third-order valence-corrected chi connectivity index (χ3v) is 2.77. The van der Waals surface area contributed by atoms with E-state index >= 15 is 0 Å². The molecule has 2 rings (SSSR count). The number of carbonyl (C=O) groups is 1. The van der Waals surface area contributed by atoms with Crippen LogP contribution in [-0.2, 0) is 0 Å². The maximum Gasteiger partial charge on any atom is 0.274 e. The Balaban J connectivity index is 0.00000144. The number of piperazine rings is 1. The smallest absolute Gasteiger partial charge is 0.274 e. The summed E-state index contributed by atoms with van der Waals surface area (Å²) in [5, 5.41) is 10.2. The van der Waals surface area contributed by atoms with Gasteiger partial charge in [0.25, 0.3) is 5.91 Å². The molecule has 1 aromatic rings. The van der Waals surface area contributed by atoms with Gasteiger partial charge in [-0.25, -0.2) is 0 Å². The van der Waals surface area contributed by atoms with E-state index in [1.54, 1.807) is 6.07 Å². The van der Waals surface area contributed by atoms with Crippen LogP contribution in [0.15, 0.2) is 6.07 Å². The van der Waals surface area contributed by atoms with Crippen molar-refractivity contribution in [3.05, 3.63) is 17.5 Å². The molecule has 0 aromatic carbocycles. The molecule has 2 atom stereocenters. The predicted octanol–water partition coefficient (Wildman–Crippen LogP) is 0.962. The second-order valence-corrected chi connectivity index (χ2v) is 4.62. The zero-order chi connectivity index (χ0) is 11.7. The maximum atomic E-state index is 12.1. The van der Waals surface area contributed by atoms with Gasteiger partial charge in [-0.15, -0.1) is 12.4 Å². The van der Waals surface area contributed by atoms with Gasteiger partial charge in [0.2, 0.25) is 0 Å². The molecule has 0 bridgehead atoms. The molecule has 2 N–H and O–H groups in total. The van der Waals surface area contributed by atoms with E-state index in [1.807, 2.05) is 11.8 Å². The first-order valence-electron chi connectivity index (χ1n) is 5.63. The highest BCUT2D eigenvalue weighted by Gasteiger charge is 2.26. The van der Waals surface area contributed by atoms with Crippen LogP contribution in [0.1, 0.15) is 30.0 Å². The Morgan fingerprint density at radius 3 is 2.47 bits per heavy atom. The summed E-state index contributed by atoms with van der Waals surface area (Å²) in [6, 6.07) is 2.47. The van der Waals surface area contributed by atoms with Crippen LogP contribution in [-0.4, -0.2) is 46.2 Å². The highest BCUT2D eigenvalue weighted by atomic mass is 35.5. The molecule has 2 heterocycles. The van der Waals surface area contributed by atoms with Gasteiger partial charge in [-0.05, 0) is 26.8 Å². The van der Waals surface area contributed by atoms with Crippen molar-refractivity contribution >= 4 is 18.3 Å². The van der Waals surface area contributed by atoms with E-state index in [0.717, 1.165) is 18.8 Å². The largest absolute Gasteiger partial charge is 0.334 e. The van der Waals surface area contributed by atoms with E-state index in [-0.39, 0.29) is 18.3 Å². The van der Waals surface area contributed by atoms with Crippen LogP contribution in [0, 0.1) is 6.92 Å². The molecule has 6 heteroatoms. The minimum Gasteiger partial charge on any atom is -0.334 e. The minimum absolute atomic E-state index is 0. The van der Waals surface area contributed by atoms with Gasteiger partial charge in [0.15, 0.2) is 0 Å². The number of hydrogen-bond acceptors (Lipinski definition) is 3. The fourth-order valence-corrected chi connectivity index (χ4v) is 2.18. The molecule has 17 heavy (non-hydrogen) atoms. The molecule has 1 aliphatic rings. The fourth-order valence-electron chi connectivity index (χ4n) is 2.18. The van der Waals surface area contributed by atoms with Crippen LogP contribution < -0.4 is 5.32 Å². The lowest BCUT2D eigenvalue weighted by atomic mass is 10.1. The van der Waals surface area contributed by atoms with Crippen molar-refractivity contribution in [2.24, 2.45) is 0 Å². The number of H-pyrrole nitrogens is 1. The van der Waals surface area contributed by atoms with Gasteiger partial charge in [-0.3, -0.25) is 9.89 Å². The molecular formula is C11H19ClN4O. The fraction of sp³-hybridized carbons (Fsp3) is 0.636. The van der Waals surface area contributed by atoms with Crippen LogP contribution in [0.2, 0.25) is 0 Å². The second-order valence-electron chi connectivity index (χ2n) is 4.62. The van der Waals surface area contributed by atoms with Crippen LogP contribution in [0.4, 0.5) is 0 Å². The van der Waals surface area contributed by atoms with E-state index in [1.165, 1.54) is 0 Å². The number of nitrogens with one attached hydrogen (secondary N) is 2. The number of hydrogen-bond donors (Lipinski definition) is 2. The summed E-state index contributed by atoms with van der Waals surface area (Å²) in [5.41, 5.74) is 1.43. The Morgan fingerprint density at radius 2 is 2.00 bits per heavy atom. The summed E-state index contributed by atoms with van der Waals surface area (Å²) < 4.78 is 0. The number of amides is 1. The average molecular weight is 259 g/mol. The molecule has 1 amide bonds. The van der Waals surface area contributed by atoms with E-state index < -0.39 is 0 Å². The number of halogens is 1. The SMILES string of the molecule is Cc1cc(C(=O)N2CC(C)NC(C)C2)n[nH]1.Cl. The first-order chi connectivity index (χ1) is 7.56. The number of rotatable bonds is 1. The minimum atomic E-state index is 0. The Kier molecular flexibility index (Phi) is 4.54. The summed E-state index contributed by atoms with van der Waals surface area (Å²) in [4.78, 5) is 14.0. The van der Waals surface area contributed by atoms with Crippen molar-refractivity contribution in [3.8, 4) is 0 Å². The summed E-state index contributed by atoms with van der Waals surface area (Å²) in [6.07, 6.45) is 0. The molecule has 0 spiro atoms.